The van der Waals surface area contributed by atoms with Crippen molar-refractivity contribution in [2.24, 2.45) is 0 Å². The second-order valence-corrected chi connectivity index (χ2v) is 5.24. The maximum absolute atomic E-state index is 9.34. The van der Waals surface area contributed by atoms with E-state index >= 15 is 0 Å². The van der Waals surface area contributed by atoms with E-state index in [1.54, 1.807) is 19.3 Å². The summed E-state index contributed by atoms with van der Waals surface area (Å²) >= 11 is 0. The van der Waals surface area contributed by atoms with Gasteiger partial charge in [-0.25, -0.2) is 4.98 Å². The van der Waals surface area contributed by atoms with E-state index in [1.807, 2.05) is 42.5 Å². The Kier molecular flexibility index (Phi) is 4.44. The van der Waals surface area contributed by atoms with Crippen molar-refractivity contribution in [3.05, 3.63) is 66.9 Å². The van der Waals surface area contributed by atoms with Crippen molar-refractivity contribution in [2.75, 3.05) is 19.0 Å². The normalized spacial score (nSPS) is 10.2. The van der Waals surface area contributed by atoms with Crippen LogP contribution < -0.4 is 10.1 Å². The van der Waals surface area contributed by atoms with Gasteiger partial charge in [-0.15, -0.1) is 6.58 Å². The van der Waals surface area contributed by atoms with Crippen LogP contribution in [0.3, 0.4) is 0 Å². The number of nitrogens with one attached hydrogen (secondary N) is 1. The maximum Gasteiger partial charge on any atom is 0.143 e. The van der Waals surface area contributed by atoms with E-state index in [0.29, 0.717) is 18.1 Å². The van der Waals surface area contributed by atoms with Gasteiger partial charge in [-0.3, -0.25) is 0 Å². The van der Waals surface area contributed by atoms with Gasteiger partial charge in [0.15, 0.2) is 0 Å². The average Bonchev–Trinajstić information content (AvgIpc) is 2.65. The summed E-state index contributed by atoms with van der Waals surface area (Å²) in [5.74, 6) is 1.43. The molecule has 4 nitrogen and oxygen atoms in total. The van der Waals surface area contributed by atoms with Gasteiger partial charge in [0.2, 0.25) is 0 Å². The van der Waals surface area contributed by atoms with Gasteiger partial charge in [0.05, 0.1) is 7.11 Å². The van der Waals surface area contributed by atoms with Gasteiger partial charge in [0.1, 0.15) is 23.3 Å². The summed E-state index contributed by atoms with van der Waals surface area (Å²) in [6.45, 7) is 4.29. The molecule has 3 aromatic rings. The summed E-state index contributed by atoms with van der Waals surface area (Å²) in [4.78, 5) is 4.39. The Morgan fingerprint density at radius 3 is 2.67 bits per heavy atom. The number of hydrogen-bond acceptors (Lipinski definition) is 4. The topological polar surface area (TPSA) is 57.9 Å². The number of hydrogen-bond donors (Lipinski definition) is 1. The number of fused-ring (bicyclic) bond motifs is 1. The zero-order valence-corrected chi connectivity index (χ0v) is 13.4. The monoisotopic (exact) mass is 315 g/mol. The number of benzene rings is 2. The molecule has 118 valence electrons. The van der Waals surface area contributed by atoms with Gasteiger partial charge in [-0.05, 0) is 29.1 Å². The third kappa shape index (κ3) is 2.80. The van der Waals surface area contributed by atoms with Crippen LogP contribution >= 0.6 is 0 Å². The first-order chi connectivity index (χ1) is 11.8. The van der Waals surface area contributed by atoms with Crippen LogP contribution in [-0.2, 0) is 0 Å². The number of rotatable bonds is 5. The van der Waals surface area contributed by atoms with E-state index in [9.17, 15) is 5.26 Å². The predicted molar refractivity (Wildman–Crippen MR) is 97.1 cm³/mol. The molecule has 0 aliphatic heterocycles. The predicted octanol–water partition coefficient (Wildman–Crippen LogP) is 4.38. The van der Waals surface area contributed by atoms with Crippen LogP contribution in [-0.4, -0.2) is 18.6 Å². The van der Waals surface area contributed by atoms with Crippen molar-refractivity contribution in [1.29, 1.82) is 5.26 Å². The first-order valence-corrected chi connectivity index (χ1v) is 7.60. The van der Waals surface area contributed by atoms with Crippen molar-refractivity contribution in [3.8, 4) is 22.9 Å². The van der Waals surface area contributed by atoms with Crippen molar-refractivity contribution in [1.82, 2.24) is 4.98 Å². The summed E-state index contributed by atoms with van der Waals surface area (Å²) in [5.41, 5.74) is 2.35. The number of ether oxygens (including phenoxy) is 1. The molecule has 0 saturated heterocycles. The zero-order valence-electron chi connectivity index (χ0n) is 13.4. The summed E-state index contributed by atoms with van der Waals surface area (Å²) in [6.07, 6.45) is 1.76. The molecule has 0 atom stereocenters. The highest BCUT2D eigenvalue weighted by atomic mass is 16.5. The molecule has 0 aliphatic carbocycles. The van der Waals surface area contributed by atoms with Crippen LogP contribution in [0.5, 0.6) is 5.75 Å². The Morgan fingerprint density at radius 2 is 2.00 bits per heavy atom. The van der Waals surface area contributed by atoms with Crippen molar-refractivity contribution >= 4 is 16.6 Å². The second kappa shape index (κ2) is 6.84. The van der Waals surface area contributed by atoms with Crippen molar-refractivity contribution in [2.45, 2.75) is 0 Å². The minimum Gasteiger partial charge on any atom is -0.496 e. The lowest BCUT2D eigenvalue weighted by molar-refractivity contribution is 0.417. The lowest BCUT2D eigenvalue weighted by Gasteiger charge is -2.15. The smallest absolute Gasteiger partial charge is 0.143 e. The number of nitriles is 1. The minimum absolute atomic E-state index is 0.361. The van der Waals surface area contributed by atoms with Crippen LogP contribution in [0.4, 0.5) is 5.82 Å². The molecular weight excluding hydrogens is 298 g/mol. The molecule has 3 rings (SSSR count). The maximum atomic E-state index is 9.34. The van der Waals surface area contributed by atoms with Gasteiger partial charge in [0.25, 0.3) is 0 Å². The van der Waals surface area contributed by atoms with Gasteiger partial charge >= 0.3 is 0 Å². The lowest BCUT2D eigenvalue weighted by Crippen LogP contribution is -2.03. The molecule has 0 aliphatic rings. The van der Waals surface area contributed by atoms with E-state index in [1.165, 1.54) is 0 Å². The fraction of sp³-hybridized carbons (Fsp3) is 0.100. The molecule has 2 aromatic carbocycles. The van der Waals surface area contributed by atoms with E-state index < -0.39 is 0 Å². The molecule has 0 fully saturated rings. The molecule has 0 unspecified atom stereocenters. The van der Waals surface area contributed by atoms with Crippen molar-refractivity contribution in [3.63, 3.8) is 0 Å². The van der Waals surface area contributed by atoms with E-state index in [4.69, 9.17) is 4.74 Å². The molecule has 1 N–H and O–H groups in total. The number of anilines is 1. The minimum atomic E-state index is 0.361. The van der Waals surface area contributed by atoms with Gasteiger partial charge in [0, 0.05) is 17.5 Å². The number of aromatic nitrogens is 1. The standard InChI is InChI=1S/C20H17N3O/c1-3-11-22-20-16-9-10-18(24-2)19(14-7-5-4-6-8-14)17(16)12-15(13-21)23-20/h3-10,12H,1,11H2,2H3,(H,22,23). The fourth-order valence-electron chi connectivity index (χ4n) is 2.74. The Hall–Kier alpha value is -3.32. The highest BCUT2D eigenvalue weighted by molar-refractivity contribution is 6.04. The van der Waals surface area contributed by atoms with Crippen LogP contribution in [0.2, 0.25) is 0 Å². The molecule has 0 radical (unpaired) electrons. The SMILES string of the molecule is C=CCNc1nc(C#N)cc2c(-c3ccccc3)c(OC)ccc12. The summed E-state index contributed by atoms with van der Waals surface area (Å²) in [7, 11) is 1.65. The molecule has 0 saturated carbocycles. The largest absolute Gasteiger partial charge is 0.496 e. The summed E-state index contributed by atoms with van der Waals surface area (Å²) in [5, 5.41) is 14.4. The molecule has 4 heteroatoms. The van der Waals surface area contributed by atoms with Gasteiger partial charge < -0.3 is 10.1 Å². The third-order valence-corrected chi connectivity index (χ3v) is 3.79. The first kappa shape index (κ1) is 15.6. The molecule has 0 amide bonds. The molecule has 1 heterocycles. The fourth-order valence-corrected chi connectivity index (χ4v) is 2.74. The Labute approximate surface area is 141 Å². The van der Waals surface area contributed by atoms with Gasteiger partial charge in [-0.2, -0.15) is 5.26 Å². The number of nitrogens with zero attached hydrogens (tertiary/aromatic N) is 2. The Morgan fingerprint density at radius 1 is 1.21 bits per heavy atom. The summed E-state index contributed by atoms with van der Waals surface area (Å²) in [6, 6.07) is 17.8. The zero-order chi connectivity index (χ0) is 16.9. The highest BCUT2D eigenvalue weighted by Gasteiger charge is 2.15. The second-order valence-electron chi connectivity index (χ2n) is 5.24. The number of methoxy groups -OCH3 is 1. The first-order valence-electron chi connectivity index (χ1n) is 7.60. The molecule has 0 bridgehead atoms. The van der Waals surface area contributed by atoms with Crippen LogP contribution in [0.25, 0.3) is 21.9 Å². The van der Waals surface area contributed by atoms with Crippen LogP contribution in [0, 0.1) is 11.3 Å². The Bertz CT molecular complexity index is 927. The highest BCUT2D eigenvalue weighted by Crippen LogP contribution is 2.39. The van der Waals surface area contributed by atoms with E-state index in [-0.39, 0.29) is 0 Å². The molecule has 1 aromatic heterocycles. The average molecular weight is 315 g/mol. The molecule has 0 spiro atoms. The lowest BCUT2D eigenvalue weighted by atomic mass is 9.97. The van der Waals surface area contributed by atoms with E-state index in [2.05, 4.69) is 22.9 Å². The van der Waals surface area contributed by atoms with Crippen LogP contribution in [0.1, 0.15) is 5.69 Å². The number of pyridine rings is 1. The quantitative estimate of drug-likeness (QED) is 0.710. The Balaban J connectivity index is 2.36. The summed E-state index contributed by atoms with van der Waals surface area (Å²) < 4.78 is 5.56. The molecular formula is C20H17N3O. The van der Waals surface area contributed by atoms with Crippen molar-refractivity contribution < 1.29 is 4.74 Å². The van der Waals surface area contributed by atoms with E-state index in [0.717, 1.165) is 27.6 Å². The van der Waals surface area contributed by atoms with Crippen LogP contribution in [0.15, 0.2) is 61.2 Å². The molecule has 24 heavy (non-hydrogen) atoms. The third-order valence-electron chi connectivity index (χ3n) is 3.79. The van der Waals surface area contributed by atoms with Gasteiger partial charge in [-0.1, -0.05) is 36.4 Å².